The molecule has 0 bridgehead atoms. The molecule has 0 spiro atoms. The van der Waals surface area contributed by atoms with Crippen LogP contribution in [0.25, 0.3) is 0 Å². The van der Waals surface area contributed by atoms with Crippen molar-refractivity contribution in [2.45, 2.75) is 13.5 Å². The molecule has 1 aromatic heterocycles. The summed E-state index contributed by atoms with van der Waals surface area (Å²) in [5, 5.41) is 14.7. The summed E-state index contributed by atoms with van der Waals surface area (Å²) in [6.07, 6.45) is 0. The number of anilines is 2. The molecule has 2 N–H and O–H groups in total. The van der Waals surface area contributed by atoms with Gasteiger partial charge in [-0.15, -0.1) is 10.2 Å². The second-order valence-corrected chi connectivity index (χ2v) is 5.92. The van der Waals surface area contributed by atoms with Crippen molar-refractivity contribution in [3.63, 3.8) is 0 Å². The van der Waals surface area contributed by atoms with Gasteiger partial charge in [0.25, 0.3) is 5.91 Å². The number of amides is 1. The van der Waals surface area contributed by atoms with Crippen molar-refractivity contribution in [3.05, 3.63) is 82.5 Å². The molecule has 0 saturated heterocycles. The lowest BCUT2D eigenvalue weighted by atomic mass is 10.2. The Morgan fingerprint density at radius 2 is 1.80 bits per heavy atom. The molecule has 126 valence electrons. The molecule has 1 heterocycles. The van der Waals surface area contributed by atoms with E-state index in [9.17, 15) is 4.79 Å². The predicted octanol–water partition coefficient (Wildman–Crippen LogP) is 4.11. The highest BCUT2D eigenvalue weighted by atomic mass is 35.5. The SMILES string of the molecule is Cc1c(Cl)cccc1Nc1ccc(C(=O)NCc2ccccc2)nn1. The highest BCUT2D eigenvalue weighted by Crippen LogP contribution is 2.25. The van der Waals surface area contributed by atoms with E-state index in [0.29, 0.717) is 17.4 Å². The van der Waals surface area contributed by atoms with Crippen LogP contribution in [0.15, 0.2) is 60.7 Å². The first kappa shape index (κ1) is 16.9. The van der Waals surface area contributed by atoms with Crippen LogP contribution in [0.3, 0.4) is 0 Å². The molecule has 0 radical (unpaired) electrons. The molecule has 0 saturated carbocycles. The number of hydrogen-bond acceptors (Lipinski definition) is 4. The minimum atomic E-state index is -0.262. The van der Waals surface area contributed by atoms with Crippen molar-refractivity contribution in [1.29, 1.82) is 0 Å². The van der Waals surface area contributed by atoms with Crippen molar-refractivity contribution in [1.82, 2.24) is 15.5 Å². The van der Waals surface area contributed by atoms with Crippen LogP contribution in [0.2, 0.25) is 5.02 Å². The fourth-order valence-electron chi connectivity index (χ4n) is 2.27. The van der Waals surface area contributed by atoms with Crippen LogP contribution >= 0.6 is 11.6 Å². The Morgan fingerprint density at radius 1 is 1.00 bits per heavy atom. The third-order valence-electron chi connectivity index (χ3n) is 3.72. The van der Waals surface area contributed by atoms with E-state index in [1.165, 1.54) is 0 Å². The van der Waals surface area contributed by atoms with E-state index in [0.717, 1.165) is 16.8 Å². The molecule has 3 aromatic rings. The maximum absolute atomic E-state index is 12.1. The van der Waals surface area contributed by atoms with E-state index in [1.807, 2.05) is 55.5 Å². The van der Waals surface area contributed by atoms with Crippen LogP contribution in [-0.2, 0) is 6.54 Å². The number of rotatable bonds is 5. The maximum atomic E-state index is 12.1. The molecule has 25 heavy (non-hydrogen) atoms. The zero-order valence-corrected chi connectivity index (χ0v) is 14.4. The van der Waals surface area contributed by atoms with Gasteiger partial charge in [0.2, 0.25) is 0 Å². The van der Waals surface area contributed by atoms with E-state index in [4.69, 9.17) is 11.6 Å². The van der Waals surface area contributed by atoms with Gasteiger partial charge in [-0.3, -0.25) is 4.79 Å². The summed E-state index contributed by atoms with van der Waals surface area (Å²) in [5.74, 6) is 0.284. The molecule has 2 aromatic carbocycles. The van der Waals surface area contributed by atoms with E-state index < -0.39 is 0 Å². The average Bonchev–Trinajstić information content (AvgIpc) is 2.65. The lowest BCUT2D eigenvalue weighted by molar-refractivity contribution is 0.0945. The Labute approximate surface area is 151 Å². The van der Waals surface area contributed by atoms with Gasteiger partial charge in [-0.25, -0.2) is 0 Å². The van der Waals surface area contributed by atoms with E-state index in [1.54, 1.807) is 12.1 Å². The monoisotopic (exact) mass is 352 g/mol. The van der Waals surface area contributed by atoms with Gasteiger partial charge in [0.05, 0.1) is 0 Å². The van der Waals surface area contributed by atoms with E-state index in [-0.39, 0.29) is 11.6 Å². The molecule has 5 nitrogen and oxygen atoms in total. The zero-order chi connectivity index (χ0) is 17.6. The van der Waals surface area contributed by atoms with Crippen molar-refractivity contribution in [2.75, 3.05) is 5.32 Å². The summed E-state index contributed by atoms with van der Waals surface area (Å²) in [4.78, 5) is 12.1. The normalized spacial score (nSPS) is 10.3. The Bertz CT molecular complexity index is 866. The largest absolute Gasteiger partial charge is 0.347 e. The quantitative estimate of drug-likeness (QED) is 0.725. The van der Waals surface area contributed by atoms with Gasteiger partial charge in [-0.05, 0) is 42.3 Å². The lowest BCUT2D eigenvalue weighted by Gasteiger charge is -2.10. The fourth-order valence-corrected chi connectivity index (χ4v) is 2.44. The van der Waals surface area contributed by atoms with Crippen molar-refractivity contribution < 1.29 is 4.79 Å². The van der Waals surface area contributed by atoms with Gasteiger partial charge in [-0.2, -0.15) is 0 Å². The van der Waals surface area contributed by atoms with Gasteiger partial charge in [0, 0.05) is 17.3 Å². The fraction of sp³-hybridized carbons (Fsp3) is 0.105. The van der Waals surface area contributed by atoms with Gasteiger partial charge < -0.3 is 10.6 Å². The molecule has 1 amide bonds. The average molecular weight is 353 g/mol. The molecule has 3 rings (SSSR count). The Kier molecular flexibility index (Phi) is 5.26. The summed E-state index contributed by atoms with van der Waals surface area (Å²) >= 11 is 6.10. The molecule has 0 fully saturated rings. The molecular formula is C19H17ClN4O. The minimum Gasteiger partial charge on any atom is -0.347 e. The first-order valence-electron chi connectivity index (χ1n) is 7.81. The van der Waals surface area contributed by atoms with Crippen molar-refractivity contribution in [2.24, 2.45) is 0 Å². The summed E-state index contributed by atoms with van der Waals surface area (Å²) < 4.78 is 0. The van der Waals surface area contributed by atoms with Crippen LogP contribution in [0.4, 0.5) is 11.5 Å². The molecule has 0 unspecified atom stereocenters. The zero-order valence-electron chi connectivity index (χ0n) is 13.7. The maximum Gasteiger partial charge on any atom is 0.272 e. The van der Waals surface area contributed by atoms with Crippen LogP contribution < -0.4 is 10.6 Å². The number of benzene rings is 2. The number of carbonyl (C=O) groups excluding carboxylic acids is 1. The van der Waals surface area contributed by atoms with Gasteiger partial charge in [-0.1, -0.05) is 48.0 Å². The molecule has 0 aliphatic carbocycles. The third kappa shape index (κ3) is 4.33. The topological polar surface area (TPSA) is 66.9 Å². The molecule has 6 heteroatoms. The van der Waals surface area contributed by atoms with Crippen molar-refractivity contribution in [3.8, 4) is 0 Å². The summed E-state index contributed by atoms with van der Waals surface area (Å²) in [6.45, 7) is 2.37. The van der Waals surface area contributed by atoms with Gasteiger partial charge in [0.15, 0.2) is 11.5 Å². The number of hydrogen-bond donors (Lipinski definition) is 2. The molecular weight excluding hydrogens is 336 g/mol. The summed E-state index contributed by atoms with van der Waals surface area (Å²) in [7, 11) is 0. The summed E-state index contributed by atoms with van der Waals surface area (Å²) in [5.41, 5.74) is 3.07. The summed E-state index contributed by atoms with van der Waals surface area (Å²) in [6, 6.07) is 18.6. The highest BCUT2D eigenvalue weighted by Gasteiger charge is 2.09. The third-order valence-corrected chi connectivity index (χ3v) is 4.13. The number of carbonyl (C=O) groups is 1. The highest BCUT2D eigenvalue weighted by molar-refractivity contribution is 6.31. The second-order valence-electron chi connectivity index (χ2n) is 5.51. The van der Waals surface area contributed by atoms with Gasteiger partial charge >= 0.3 is 0 Å². The number of nitrogens with one attached hydrogen (secondary N) is 2. The smallest absolute Gasteiger partial charge is 0.272 e. The first-order valence-corrected chi connectivity index (χ1v) is 8.19. The number of aromatic nitrogens is 2. The van der Waals surface area contributed by atoms with Crippen LogP contribution in [0.5, 0.6) is 0 Å². The molecule has 0 aliphatic rings. The van der Waals surface area contributed by atoms with E-state index >= 15 is 0 Å². The molecule has 0 aliphatic heterocycles. The number of nitrogens with zero attached hydrogens (tertiary/aromatic N) is 2. The first-order chi connectivity index (χ1) is 12.1. The standard InChI is InChI=1S/C19H17ClN4O/c1-13-15(20)8-5-9-16(13)22-18-11-10-17(23-24-18)19(25)21-12-14-6-3-2-4-7-14/h2-11H,12H2,1H3,(H,21,25)(H,22,24). The van der Waals surface area contributed by atoms with Gasteiger partial charge in [0.1, 0.15) is 0 Å². The lowest BCUT2D eigenvalue weighted by Crippen LogP contribution is -2.24. The Hall–Kier alpha value is -2.92. The molecule has 0 atom stereocenters. The Balaban J connectivity index is 1.63. The van der Waals surface area contributed by atoms with Crippen molar-refractivity contribution >= 4 is 29.0 Å². The predicted molar refractivity (Wildman–Crippen MR) is 99.1 cm³/mol. The van der Waals surface area contributed by atoms with Crippen LogP contribution in [0, 0.1) is 6.92 Å². The number of halogens is 1. The second kappa shape index (κ2) is 7.77. The van der Waals surface area contributed by atoms with Crippen LogP contribution in [0.1, 0.15) is 21.6 Å². The Morgan fingerprint density at radius 3 is 2.52 bits per heavy atom. The van der Waals surface area contributed by atoms with E-state index in [2.05, 4.69) is 20.8 Å². The minimum absolute atomic E-state index is 0.262. The van der Waals surface area contributed by atoms with Crippen LogP contribution in [-0.4, -0.2) is 16.1 Å².